The van der Waals surface area contributed by atoms with Crippen molar-refractivity contribution in [2.24, 2.45) is 17.1 Å². The van der Waals surface area contributed by atoms with Crippen molar-refractivity contribution in [1.29, 1.82) is 0 Å². The van der Waals surface area contributed by atoms with Gasteiger partial charge in [0.1, 0.15) is 0 Å². The first-order valence-corrected chi connectivity index (χ1v) is 8.45. The molecule has 3 rings (SSSR count). The Kier molecular flexibility index (Phi) is 3.82. The normalized spacial score (nSPS) is 29.2. The van der Waals surface area contributed by atoms with E-state index in [0.29, 0.717) is 12.5 Å². The van der Waals surface area contributed by atoms with E-state index in [1.807, 2.05) is 0 Å². The summed E-state index contributed by atoms with van der Waals surface area (Å²) in [5.41, 5.74) is 6.75. The van der Waals surface area contributed by atoms with Crippen molar-refractivity contribution in [3.05, 3.63) is 10.6 Å². The maximum absolute atomic E-state index is 12.6. The van der Waals surface area contributed by atoms with Gasteiger partial charge in [-0.25, -0.2) is 4.98 Å². The molecule has 1 amide bonds. The number of hydrogen-bond acceptors (Lipinski definition) is 4. The van der Waals surface area contributed by atoms with Gasteiger partial charge in [0.2, 0.25) is 5.91 Å². The fourth-order valence-electron chi connectivity index (χ4n) is 3.31. The van der Waals surface area contributed by atoms with Crippen molar-refractivity contribution >= 4 is 22.4 Å². The van der Waals surface area contributed by atoms with Gasteiger partial charge in [-0.3, -0.25) is 4.79 Å². The summed E-state index contributed by atoms with van der Waals surface area (Å²) in [6.07, 6.45) is 7.37. The quantitative estimate of drug-likeness (QED) is 0.900. The summed E-state index contributed by atoms with van der Waals surface area (Å²) in [5, 5.41) is 3.81. The van der Waals surface area contributed by atoms with Crippen LogP contribution in [0.1, 0.15) is 49.6 Å². The summed E-state index contributed by atoms with van der Waals surface area (Å²) in [7, 11) is 0. The number of anilines is 1. The van der Waals surface area contributed by atoms with Gasteiger partial charge in [0, 0.05) is 11.4 Å². The largest absolute Gasteiger partial charge is 0.329 e. The molecule has 0 saturated heterocycles. The van der Waals surface area contributed by atoms with Crippen LogP contribution in [0.2, 0.25) is 0 Å². The van der Waals surface area contributed by atoms with E-state index in [9.17, 15) is 4.79 Å². The third-order valence-corrected chi connectivity index (χ3v) is 5.99. The van der Waals surface area contributed by atoms with Crippen LogP contribution < -0.4 is 11.1 Å². The Morgan fingerprint density at radius 3 is 2.85 bits per heavy atom. The summed E-state index contributed by atoms with van der Waals surface area (Å²) < 4.78 is 0. The van der Waals surface area contributed by atoms with Crippen molar-refractivity contribution in [2.45, 2.75) is 51.9 Å². The van der Waals surface area contributed by atoms with Crippen molar-refractivity contribution < 1.29 is 4.79 Å². The van der Waals surface area contributed by atoms with E-state index in [1.165, 1.54) is 17.0 Å². The molecule has 1 saturated carbocycles. The molecule has 2 aliphatic carbocycles. The fraction of sp³-hybridized carbons (Fsp3) is 0.733. The number of hydrogen-bond donors (Lipinski definition) is 2. The van der Waals surface area contributed by atoms with E-state index < -0.39 is 0 Å². The molecular formula is C15H23N3OS. The van der Waals surface area contributed by atoms with Crippen LogP contribution in [0.3, 0.4) is 0 Å². The number of nitrogens with one attached hydrogen (secondary N) is 1. The Morgan fingerprint density at radius 1 is 1.45 bits per heavy atom. The maximum atomic E-state index is 12.6. The lowest BCUT2D eigenvalue weighted by Gasteiger charge is -2.36. The van der Waals surface area contributed by atoms with Crippen LogP contribution in [-0.4, -0.2) is 17.4 Å². The van der Waals surface area contributed by atoms with Gasteiger partial charge in [-0.15, -0.1) is 11.3 Å². The molecule has 2 aliphatic rings. The highest BCUT2D eigenvalue weighted by molar-refractivity contribution is 7.15. The summed E-state index contributed by atoms with van der Waals surface area (Å²) in [5.74, 6) is 0.797. The van der Waals surface area contributed by atoms with Crippen LogP contribution in [0.4, 0.5) is 5.13 Å². The number of carbonyl (C=O) groups is 1. The zero-order chi connectivity index (χ0) is 14.2. The molecule has 0 aromatic carbocycles. The number of thiazole rings is 1. The van der Waals surface area contributed by atoms with Crippen LogP contribution in [0.15, 0.2) is 0 Å². The molecule has 1 aromatic rings. The third-order valence-electron chi connectivity index (χ3n) is 4.92. The third kappa shape index (κ3) is 2.49. The highest BCUT2D eigenvalue weighted by atomic mass is 32.1. The van der Waals surface area contributed by atoms with Gasteiger partial charge in [-0.2, -0.15) is 0 Å². The molecule has 1 aromatic heterocycles. The van der Waals surface area contributed by atoms with Gasteiger partial charge in [0.15, 0.2) is 5.13 Å². The van der Waals surface area contributed by atoms with Crippen LogP contribution in [0, 0.1) is 11.3 Å². The molecule has 1 fully saturated rings. The minimum atomic E-state index is -0.372. The molecule has 0 spiro atoms. The maximum Gasteiger partial charge on any atom is 0.233 e. The lowest BCUT2D eigenvalue weighted by Crippen LogP contribution is -2.44. The van der Waals surface area contributed by atoms with Crippen LogP contribution in [0.5, 0.6) is 0 Å². The number of aryl methyl sites for hydroxylation is 2. The Hall–Kier alpha value is -0.940. The van der Waals surface area contributed by atoms with Crippen LogP contribution in [-0.2, 0) is 17.6 Å². The summed E-state index contributed by atoms with van der Waals surface area (Å²) in [6, 6.07) is 0. The number of nitrogens with two attached hydrogens (primary N) is 1. The first-order chi connectivity index (χ1) is 9.63. The molecular weight excluding hydrogens is 270 g/mol. The van der Waals surface area contributed by atoms with Crippen LogP contribution >= 0.6 is 11.3 Å². The first-order valence-electron chi connectivity index (χ1n) is 7.63. The number of aromatic nitrogens is 1. The van der Waals surface area contributed by atoms with Crippen LogP contribution in [0.25, 0.3) is 0 Å². The van der Waals surface area contributed by atoms with Gasteiger partial charge in [-0.1, -0.05) is 6.92 Å². The summed E-state index contributed by atoms with van der Waals surface area (Å²) in [4.78, 5) is 18.5. The van der Waals surface area contributed by atoms with E-state index in [-0.39, 0.29) is 11.3 Å². The molecule has 4 nitrogen and oxygen atoms in total. The number of nitrogens with zero attached hydrogens (tertiary/aromatic N) is 1. The summed E-state index contributed by atoms with van der Waals surface area (Å²) in [6.45, 7) is 2.69. The lowest BCUT2D eigenvalue weighted by molar-refractivity contribution is -0.127. The highest BCUT2D eigenvalue weighted by Gasteiger charge is 2.40. The number of rotatable bonds is 3. The van der Waals surface area contributed by atoms with E-state index in [1.54, 1.807) is 11.3 Å². The van der Waals surface area contributed by atoms with E-state index in [4.69, 9.17) is 5.73 Å². The second kappa shape index (κ2) is 5.45. The molecule has 0 atom stereocenters. The minimum Gasteiger partial charge on any atom is -0.329 e. The van der Waals surface area contributed by atoms with Crippen molar-refractivity contribution in [3.8, 4) is 0 Å². The molecule has 0 unspecified atom stereocenters. The standard InChI is InChI=1S/C15H23N3OS/c1-10-5-7-15(9-16,8-6-10)13(19)18-14-17-11-3-2-4-12(11)20-14/h10H,2-9,16H2,1H3,(H,17,18,19). The molecule has 1 heterocycles. The topological polar surface area (TPSA) is 68.0 Å². The molecule has 110 valence electrons. The highest BCUT2D eigenvalue weighted by Crippen LogP contribution is 2.39. The second-order valence-electron chi connectivity index (χ2n) is 6.36. The SMILES string of the molecule is CC1CCC(CN)(C(=O)Nc2nc3c(s2)CCC3)CC1. The Morgan fingerprint density at radius 2 is 2.20 bits per heavy atom. The second-order valence-corrected chi connectivity index (χ2v) is 7.45. The predicted octanol–water partition coefficient (Wildman–Crippen LogP) is 2.73. The van der Waals surface area contributed by atoms with E-state index in [2.05, 4.69) is 17.2 Å². The Balaban J connectivity index is 1.70. The molecule has 20 heavy (non-hydrogen) atoms. The van der Waals surface area contributed by atoms with Crippen molar-refractivity contribution in [3.63, 3.8) is 0 Å². The zero-order valence-electron chi connectivity index (χ0n) is 12.1. The zero-order valence-corrected chi connectivity index (χ0v) is 12.9. The first kappa shape index (κ1) is 14.0. The van der Waals surface area contributed by atoms with E-state index >= 15 is 0 Å². The monoisotopic (exact) mass is 293 g/mol. The number of amides is 1. The van der Waals surface area contributed by atoms with Gasteiger partial charge < -0.3 is 11.1 Å². The van der Waals surface area contributed by atoms with Crippen molar-refractivity contribution in [1.82, 2.24) is 4.98 Å². The predicted molar refractivity (Wildman–Crippen MR) is 81.9 cm³/mol. The lowest BCUT2D eigenvalue weighted by atomic mass is 9.70. The van der Waals surface area contributed by atoms with Gasteiger partial charge >= 0.3 is 0 Å². The van der Waals surface area contributed by atoms with Gasteiger partial charge in [0.25, 0.3) is 0 Å². The molecule has 0 radical (unpaired) electrons. The Bertz CT molecular complexity index is 482. The molecule has 0 aliphatic heterocycles. The van der Waals surface area contributed by atoms with Gasteiger partial charge in [0.05, 0.1) is 11.1 Å². The van der Waals surface area contributed by atoms with Gasteiger partial charge in [-0.05, 0) is 50.9 Å². The molecule has 3 N–H and O–H groups in total. The fourth-order valence-corrected chi connectivity index (χ4v) is 4.36. The summed E-state index contributed by atoms with van der Waals surface area (Å²) >= 11 is 1.64. The average molecular weight is 293 g/mol. The molecule has 5 heteroatoms. The van der Waals surface area contributed by atoms with Crippen molar-refractivity contribution in [2.75, 3.05) is 11.9 Å². The minimum absolute atomic E-state index is 0.0827. The average Bonchev–Trinajstić information content (AvgIpc) is 3.01. The number of fused-ring (bicyclic) bond motifs is 1. The van der Waals surface area contributed by atoms with E-state index in [0.717, 1.165) is 43.7 Å². The molecule has 0 bridgehead atoms. The Labute approximate surface area is 124 Å². The number of carbonyl (C=O) groups excluding carboxylic acids is 1. The smallest absolute Gasteiger partial charge is 0.233 e.